The van der Waals surface area contributed by atoms with Crippen molar-refractivity contribution in [3.63, 3.8) is 0 Å². The second kappa shape index (κ2) is 4.40. The number of hydrogen-bond donors (Lipinski definition) is 1. The van der Waals surface area contributed by atoms with Gasteiger partial charge < -0.3 is 9.47 Å². The van der Waals surface area contributed by atoms with Crippen molar-refractivity contribution in [3.05, 3.63) is 32.6 Å². The number of alkyl halides is 1. The van der Waals surface area contributed by atoms with Crippen molar-refractivity contribution in [1.82, 2.24) is 9.55 Å². The minimum Gasteiger partial charge on any atom is -0.347 e. The van der Waals surface area contributed by atoms with E-state index < -0.39 is 23.8 Å². The highest BCUT2D eigenvalue weighted by Gasteiger charge is 2.27. The van der Waals surface area contributed by atoms with Crippen LogP contribution < -0.4 is 11.2 Å². The lowest BCUT2D eigenvalue weighted by molar-refractivity contribution is -0.0554. The van der Waals surface area contributed by atoms with E-state index in [-0.39, 0.29) is 12.5 Å². The minimum absolute atomic E-state index is 0.202. The number of nitrogens with one attached hydrogen (secondary N) is 1. The highest BCUT2D eigenvalue weighted by Crippen LogP contribution is 2.19. The van der Waals surface area contributed by atoms with Crippen LogP contribution in [0.15, 0.2) is 15.8 Å². The molecule has 2 heterocycles. The van der Waals surface area contributed by atoms with Gasteiger partial charge in [0.05, 0.1) is 12.5 Å². The molecule has 1 N–H and O–H groups in total. The van der Waals surface area contributed by atoms with Crippen LogP contribution in [0.4, 0.5) is 0 Å². The molecule has 0 aliphatic carbocycles. The molecular formula is C9H11ClN2O4. The van der Waals surface area contributed by atoms with Gasteiger partial charge in [-0.15, -0.1) is 11.6 Å². The zero-order valence-corrected chi connectivity index (χ0v) is 9.36. The number of hydrogen-bond acceptors (Lipinski definition) is 4. The second-order valence-corrected chi connectivity index (χ2v) is 3.80. The minimum atomic E-state index is -0.535. The van der Waals surface area contributed by atoms with E-state index in [0.717, 1.165) is 0 Å². The Balaban J connectivity index is 2.32. The molecule has 0 saturated carbocycles. The van der Waals surface area contributed by atoms with Gasteiger partial charge >= 0.3 is 5.69 Å². The van der Waals surface area contributed by atoms with Gasteiger partial charge in [-0.05, 0) is 6.92 Å². The van der Waals surface area contributed by atoms with E-state index >= 15 is 0 Å². The van der Waals surface area contributed by atoms with Gasteiger partial charge in [-0.1, -0.05) is 0 Å². The lowest BCUT2D eigenvalue weighted by Crippen LogP contribution is -2.34. The monoisotopic (exact) mass is 246 g/mol. The summed E-state index contributed by atoms with van der Waals surface area (Å²) in [4.78, 5) is 24.9. The summed E-state index contributed by atoms with van der Waals surface area (Å²) in [6.45, 7) is 1.85. The van der Waals surface area contributed by atoms with Gasteiger partial charge in [0.15, 0.2) is 12.5 Å². The number of aromatic amines is 1. The average molecular weight is 247 g/mol. The predicted octanol–water partition coefficient (Wildman–Crippen LogP) is -0.0447. The molecule has 7 heteroatoms. The summed E-state index contributed by atoms with van der Waals surface area (Å²) in [6.07, 6.45) is 0.406. The summed E-state index contributed by atoms with van der Waals surface area (Å²) in [5, 5.41) is 0. The highest BCUT2D eigenvalue weighted by molar-refractivity contribution is 6.18. The first-order chi connectivity index (χ1) is 7.61. The molecule has 2 unspecified atom stereocenters. The number of rotatable bonds is 2. The lowest BCUT2D eigenvalue weighted by atomic mass is 10.4. The summed E-state index contributed by atoms with van der Waals surface area (Å²) in [5.41, 5.74) is -0.467. The largest absolute Gasteiger partial charge is 0.347 e. The summed E-state index contributed by atoms with van der Waals surface area (Å²) in [7, 11) is 0. The van der Waals surface area contributed by atoms with E-state index in [1.54, 1.807) is 6.92 Å². The molecule has 2 rings (SSSR count). The van der Waals surface area contributed by atoms with E-state index in [0.29, 0.717) is 5.56 Å². The predicted molar refractivity (Wildman–Crippen MR) is 56.6 cm³/mol. The molecule has 1 fully saturated rings. The Bertz CT molecular complexity index is 495. The van der Waals surface area contributed by atoms with Gasteiger partial charge in [-0.3, -0.25) is 14.3 Å². The summed E-state index contributed by atoms with van der Waals surface area (Å²) in [5.74, 6) is 0.202. The zero-order valence-electron chi connectivity index (χ0n) is 8.60. The van der Waals surface area contributed by atoms with Gasteiger partial charge in [-0.25, -0.2) is 4.79 Å². The van der Waals surface area contributed by atoms with Crippen LogP contribution in [0.3, 0.4) is 0 Å². The van der Waals surface area contributed by atoms with E-state index in [2.05, 4.69) is 4.98 Å². The van der Waals surface area contributed by atoms with E-state index in [1.807, 2.05) is 0 Å². The number of halogens is 1. The summed E-state index contributed by atoms with van der Waals surface area (Å²) < 4.78 is 11.8. The molecule has 0 bridgehead atoms. The molecular weight excluding hydrogens is 236 g/mol. The average Bonchev–Trinajstić information content (AvgIpc) is 2.71. The SMILES string of the molecule is Cc1cn(C2COC(CCl)O2)c(=O)[nH]c1=O. The summed E-state index contributed by atoms with van der Waals surface area (Å²) >= 11 is 5.56. The van der Waals surface area contributed by atoms with Gasteiger partial charge in [0.25, 0.3) is 5.56 Å². The fourth-order valence-electron chi connectivity index (χ4n) is 1.47. The number of aryl methyl sites for hydroxylation is 1. The fourth-order valence-corrected chi connectivity index (χ4v) is 1.63. The van der Waals surface area contributed by atoms with Crippen LogP contribution in [0.1, 0.15) is 11.8 Å². The molecule has 88 valence electrons. The van der Waals surface area contributed by atoms with E-state index in [9.17, 15) is 9.59 Å². The van der Waals surface area contributed by atoms with Gasteiger partial charge in [0.2, 0.25) is 0 Å². The Hall–Kier alpha value is -1.11. The number of aromatic nitrogens is 2. The van der Waals surface area contributed by atoms with Gasteiger partial charge in [0.1, 0.15) is 0 Å². The topological polar surface area (TPSA) is 73.3 Å². The first-order valence-corrected chi connectivity index (χ1v) is 5.30. The van der Waals surface area contributed by atoms with Crippen LogP contribution in [0.5, 0.6) is 0 Å². The van der Waals surface area contributed by atoms with Gasteiger partial charge in [0, 0.05) is 11.8 Å². The molecule has 0 amide bonds. The molecule has 2 atom stereocenters. The van der Waals surface area contributed by atoms with Crippen LogP contribution in [-0.4, -0.2) is 28.3 Å². The van der Waals surface area contributed by atoms with Crippen LogP contribution >= 0.6 is 11.6 Å². The molecule has 1 aromatic heterocycles. The second-order valence-electron chi connectivity index (χ2n) is 3.49. The first-order valence-electron chi connectivity index (χ1n) is 4.77. The Labute approximate surface area is 95.8 Å². The van der Waals surface area contributed by atoms with Gasteiger partial charge in [-0.2, -0.15) is 0 Å². The molecule has 6 nitrogen and oxygen atoms in total. The van der Waals surface area contributed by atoms with Crippen molar-refractivity contribution in [2.45, 2.75) is 19.4 Å². The third-order valence-corrected chi connectivity index (χ3v) is 2.57. The van der Waals surface area contributed by atoms with Crippen molar-refractivity contribution in [2.24, 2.45) is 0 Å². The molecule has 0 spiro atoms. The van der Waals surface area contributed by atoms with Crippen LogP contribution in [0.2, 0.25) is 0 Å². The van der Waals surface area contributed by atoms with Crippen molar-refractivity contribution >= 4 is 11.6 Å². The Morgan fingerprint density at radius 1 is 1.62 bits per heavy atom. The zero-order chi connectivity index (χ0) is 11.7. The molecule has 1 aromatic rings. The van der Waals surface area contributed by atoms with Crippen LogP contribution in [-0.2, 0) is 9.47 Å². The quantitative estimate of drug-likeness (QED) is 0.743. The number of H-pyrrole nitrogens is 1. The lowest BCUT2D eigenvalue weighted by Gasteiger charge is -2.12. The molecule has 0 aromatic carbocycles. The van der Waals surface area contributed by atoms with Crippen LogP contribution in [0, 0.1) is 6.92 Å². The Morgan fingerprint density at radius 3 is 3.00 bits per heavy atom. The third-order valence-electron chi connectivity index (χ3n) is 2.32. The normalized spacial score (nSPS) is 24.9. The Morgan fingerprint density at radius 2 is 2.38 bits per heavy atom. The summed E-state index contributed by atoms with van der Waals surface area (Å²) in [6, 6.07) is 0. The number of ether oxygens (including phenoxy) is 2. The Kier molecular flexibility index (Phi) is 3.13. The molecule has 1 aliphatic heterocycles. The third kappa shape index (κ3) is 2.04. The van der Waals surface area contributed by atoms with Crippen molar-refractivity contribution in [3.8, 4) is 0 Å². The van der Waals surface area contributed by atoms with Crippen LogP contribution in [0.25, 0.3) is 0 Å². The smallest absolute Gasteiger partial charge is 0.330 e. The maximum absolute atomic E-state index is 11.5. The van der Waals surface area contributed by atoms with Crippen molar-refractivity contribution < 1.29 is 9.47 Å². The van der Waals surface area contributed by atoms with E-state index in [1.165, 1.54) is 10.8 Å². The maximum atomic E-state index is 11.5. The van der Waals surface area contributed by atoms with E-state index in [4.69, 9.17) is 21.1 Å². The first kappa shape index (κ1) is 11.4. The molecule has 1 aliphatic rings. The number of nitrogens with zero attached hydrogens (tertiary/aromatic N) is 1. The standard InChI is InChI=1S/C9H11ClN2O4/c1-5-3-12(9(14)11-8(5)13)6-4-15-7(2-10)16-6/h3,6-7H,2,4H2,1H3,(H,11,13,14). The molecule has 1 saturated heterocycles. The van der Waals surface area contributed by atoms with Crippen molar-refractivity contribution in [2.75, 3.05) is 12.5 Å². The maximum Gasteiger partial charge on any atom is 0.330 e. The molecule has 0 radical (unpaired) electrons. The molecule has 16 heavy (non-hydrogen) atoms. The van der Waals surface area contributed by atoms with Crippen molar-refractivity contribution in [1.29, 1.82) is 0 Å². The fraction of sp³-hybridized carbons (Fsp3) is 0.556. The highest BCUT2D eigenvalue weighted by atomic mass is 35.5.